The van der Waals surface area contributed by atoms with Crippen molar-refractivity contribution in [3.8, 4) is 0 Å². The van der Waals surface area contributed by atoms with Crippen LogP contribution in [0.1, 0.15) is 83.1 Å². The van der Waals surface area contributed by atoms with Crippen LogP contribution in [0.25, 0.3) is 0 Å². The van der Waals surface area contributed by atoms with E-state index in [4.69, 9.17) is 23.2 Å². The van der Waals surface area contributed by atoms with Crippen LogP contribution in [0.3, 0.4) is 0 Å². The summed E-state index contributed by atoms with van der Waals surface area (Å²) in [6, 6.07) is 12.2. The first-order valence-electron chi connectivity index (χ1n) is 16.9. The van der Waals surface area contributed by atoms with E-state index in [-0.39, 0.29) is 23.4 Å². The van der Waals surface area contributed by atoms with Gasteiger partial charge in [-0.3, -0.25) is 4.79 Å². The van der Waals surface area contributed by atoms with Crippen LogP contribution in [0.4, 0.5) is 10.1 Å². The highest BCUT2D eigenvalue weighted by molar-refractivity contribution is 7.89. The molecule has 0 saturated carbocycles. The third kappa shape index (κ3) is 11.2. The molecule has 10 heteroatoms. The second kappa shape index (κ2) is 18.0. The number of hydrogen-bond donors (Lipinski definition) is 0. The molecular weight excluding hydrogens is 632 g/mol. The number of likely N-dealkylation sites (tertiary alicyclic amines) is 1. The van der Waals surface area contributed by atoms with Gasteiger partial charge in [-0.15, -0.1) is 0 Å². The van der Waals surface area contributed by atoms with Crippen LogP contribution in [0, 0.1) is 17.7 Å². The van der Waals surface area contributed by atoms with Crippen molar-refractivity contribution < 1.29 is 17.6 Å². The van der Waals surface area contributed by atoms with E-state index in [1.54, 1.807) is 16.4 Å². The fraction of sp³-hybridized carbons (Fsp3) is 0.629. The fourth-order valence-electron chi connectivity index (χ4n) is 6.64. The minimum absolute atomic E-state index is 0.0272. The van der Waals surface area contributed by atoms with Crippen molar-refractivity contribution >= 4 is 44.8 Å². The number of benzene rings is 2. The third-order valence-electron chi connectivity index (χ3n) is 9.43. The standard InChI is InChI=1S/C35H50Cl2FN3O3S/c1-2-3-4-5-6-7-25-45(43,44)40-23-17-30(18-24-40)35(42)41(32-13-14-33(36)34(37)27-32)20-8-19-39-21-15-29(16-22-39)26-28-9-11-31(38)12-10-28/h9-14,27,29-30H,2-8,15-26H2,1H3. The molecule has 0 radical (unpaired) electrons. The predicted molar refractivity (Wildman–Crippen MR) is 184 cm³/mol. The summed E-state index contributed by atoms with van der Waals surface area (Å²) in [5, 5.41) is 0.853. The molecule has 0 N–H and O–H groups in total. The van der Waals surface area contributed by atoms with Crippen LogP contribution >= 0.6 is 23.2 Å². The Labute approximate surface area is 280 Å². The first-order valence-corrected chi connectivity index (χ1v) is 19.2. The highest BCUT2D eigenvalue weighted by Crippen LogP contribution is 2.31. The summed E-state index contributed by atoms with van der Waals surface area (Å²) in [5.41, 5.74) is 1.91. The maximum absolute atomic E-state index is 13.9. The van der Waals surface area contributed by atoms with Crippen LogP contribution in [-0.4, -0.2) is 68.6 Å². The number of carbonyl (C=O) groups is 1. The van der Waals surface area contributed by atoms with Crippen molar-refractivity contribution in [2.75, 3.05) is 49.9 Å². The Kier molecular flexibility index (Phi) is 14.5. The van der Waals surface area contributed by atoms with Gasteiger partial charge in [0.15, 0.2) is 0 Å². The van der Waals surface area contributed by atoms with Gasteiger partial charge in [0.1, 0.15) is 5.82 Å². The van der Waals surface area contributed by atoms with Crippen molar-refractivity contribution in [1.82, 2.24) is 9.21 Å². The number of rotatable bonds is 16. The number of nitrogens with zero attached hydrogens (tertiary/aromatic N) is 3. The quantitative estimate of drug-likeness (QED) is 0.168. The molecule has 2 aliphatic heterocycles. The van der Waals surface area contributed by atoms with Crippen LogP contribution in [-0.2, 0) is 21.2 Å². The monoisotopic (exact) mass is 681 g/mol. The van der Waals surface area contributed by atoms with Gasteiger partial charge in [0.2, 0.25) is 15.9 Å². The molecule has 1 amide bonds. The number of carbonyl (C=O) groups excluding carboxylic acids is 1. The van der Waals surface area contributed by atoms with Gasteiger partial charge in [-0.25, -0.2) is 17.1 Å². The molecule has 45 heavy (non-hydrogen) atoms. The molecule has 4 rings (SSSR count). The van der Waals surface area contributed by atoms with Crippen molar-refractivity contribution in [2.24, 2.45) is 11.8 Å². The molecule has 6 nitrogen and oxygen atoms in total. The van der Waals surface area contributed by atoms with Crippen molar-refractivity contribution in [3.63, 3.8) is 0 Å². The molecule has 0 bridgehead atoms. The van der Waals surface area contributed by atoms with E-state index in [2.05, 4.69) is 11.8 Å². The lowest BCUT2D eigenvalue weighted by Crippen LogP contribution is -2.45. The molecule has 0 atom stereocenters. The van der Waals surface area contributed by atoms with Gasteiger partial charge in [0.05, 0.1) is 15.8 Å². The third-order valence-corrected chi connectivity index (χ3v) is 12.1. The molecule has 250 valence electrons. The first-order chi connectivity index (χ1) is 21.7. The number of amides is 1. The van der Waals surface area contributed by atoms with Gasteiger partial charge in [-0.2, -0.15) is 0 Å². The van der Waals surface area contributed by atoms with Gasteiger partial charge in [0.25, 0.3) is 0 Å². The summed E-state index contributed by atoms with van der Waals surface area (Å²) < 4.78 is 40.8. The zero-order chi connectivity index (χ0) is 32.2. The molecule has 0 aromatic heterocycles. The number of piperidine rings is 2. The van der Waals surface area contributed by atoms with Gasteiger partial charge < -0.3 is 9.80 Å². The van der Waals surface area contributed by atoms with Gasteiger partial charge in [-0.1, -0.05) is 74.4 Å². The van der Waals surface area contributed by atoms with E-state index in [1.165, 1.54) is 30.5 Å². The number of anilines is 1. The molecule has 2 saturated heterocycles. The van der Waals surface area contributed by atoms with Crippen LogP contribution in [0.15, 0.2) is 42.5 Å². The summed E-state index contributed by atoms with van der Waals surface area (Å²) in [5.74, 6) is 0.388. The molecule has 0 spiro atoms. The second-order valence-electron chi connectivity index (χ2n) is 12.8. The summed E-state index contributed by atoms with van der Waals surface area (Å²) in [4.78, 5) is 18.2. The molecular formula is C35H50Cl2FN3O3S. The number of sulfonamides is 1. The number of unbranched alkanes of at least 4 members (excludes halogenated alkanes) is 5. The van der Waals surface area contributed by atoms with Gasteiger partial charge in [-0.05, 0) is 106 Å². The first kappa shape index (κ1) is 36.1. The zero-order valence-corrected chi connectivity index (χ0v) is 29.1. The van der Waals surface area contributed by atoms with Crippen LogP contribution in [0.5, 0.6) is 0 Å². The normalized spacial score (nSPS) is 17.5. The minimum atomic E-state index is -3.30. The minimum Gasteiger partial charge on any atom is -0.312 e. The topological polar surface area (TPSA) is 60.9 Å². The second-order valence-corrected chi connectivity index (χ2v) is 15.7. The molecule has 2 aliphatic rings. The van der Waals surface area contributed by atoms with Crippen molar-refractivity contribution in [2.45, 2.75) is 84.0 Å². The maximum Gasteiger partial charge on any atom is 0.230 e. The lowest BCUT2D eigenvalue weighted by molar-refractivity contribution is -0.123. The van der Waals surface area contributed by atoms with Crippen molar-refractivity contribution in [3.05, 3.63) is 63.9 Å². The van der Waals surface area contributed by atoms with E-state index in [9.17, 15) is 17.6 Å². The summed E-state index contributed by atoms with van der Waals surface area (Å²) in [6.07, 6.45) is 11.3. The number of hydrogen-bond acceptors (Lipinski definition) is 4. The van der Waals surface area contributed by atoms with Gasteiger partial charge in [0, 0.05) is 31.2 Å². The Hall–Kier alpha value is -1.71. The van der Waals surface area contributed by atoms with E-state index in [1.807, 2.05) is 23.1 Å². The van der Waals surface area contributed by atoms with E-state index in [0.29, 0.717) is 54.9 Å². The fourth-order valence-corrected chi connectivity index (χ4v) is 8.52. The van der Waals surface area contributed by atoms with E-state index < -0.39 is 10.0 Å². The lowest BCUT2D eigenvalue weighted by Gasteiger charge is -2.35. The van der Waals surface area contributed by atoms with Crippen LogP contribution in [0.2, 0.25) is 10.0 Å². The molecule has 0 unspecified atom stereocenters. The largest absolute Gasteiger partial charge is 0.312 e. The number of halogens is 3. The molecule has 2 aromatic rings. The Balaban J connectivity index is 1.27. The summed E-state index contributed by atoms with van der Waals surface area (Å²) in [6.45, 7) is 6.42. The summed E-state index contributed by atoms with van der Waals surface area (Å²) >= 11 is 12.6. The molecule has 2 fully saturated rings. The SMILES string of the molecule is CCCCCCCCS(=O)(=O)N1CCC(C(=O)N(CCCN2CCC(Cc3ccc(F)cc3)CC2)c2ccc(Cl)c(Cl)c2)CC1. The average Bonchev–Trinajstić information content (AvgIpc) is 3.04. The Bertz CT molecular complexity index is 1310. The highest BCUT2D eigenvalue weighted by Gasteiger charge is 2.33. The average molecular weight is 683 g/mol. The molecule has 0 aliphatic carbocycles. The smallest absolute Gasteiger partial charge is 0.230 e. The maximum atomic E-state index is 13.9. The van der Waals surface area contributed by atoms with Crippen LogP contribution < -0.4 is 4.90 Å². The zero-order valence-electron chi connectivity index (χ0n) is 26.7. The Morgan fingerprint density at radius 2 is 1.53 bits per heavy atom. The lowest BCUT2D eigenvalue weighted by atomic mass is 9.90. The Morgan fingerprint density at radius 1 is 0.867 bits per heavy atom. The predicted octanol–water partition coefficient (Wildman–Crippen LogP) is 8.21. The summed E-state index contributed by atoms with van der Waals surface area (Å²) in [7, 11) is -3.30. The van der Waals surface area contributed by atoms with E-state index >= 15 is 0 Å². The van der Waals surface area contributed by atoms with Crippen molar-refractivity contribution in [1.29, 1.82) is 0 Å². The molecule has 2 aromatic carbocycles. The highest BCUT2D eigenvalue weighted by atomic mass is 35.5. The van der Waals surface area contributed by atoms with Gasteiger partial charge >= 0.3 is 0 Å². The Morgan fingerprint density at radius 3 is 2.20 bits per heavy atom. The van der Waals surface area contributed by atoms with E-state index in [0.717, 1.165) is 70.3 Å². The molecule has 2 heterocycles.